The first-order chi connectivity index (χ1) is 13.6. The van der Waals surface area contributed by atoms with Gasteiger partial charge in [0.1, 0.15) is 5.82 Å². The number of carbonyl (C=O) groups excluding carboxylic acids is 1. The van der Waals surface area contributed by atoms with Gasteiger partial charge in [-0.2, -0.15) is 0 Å². The lowest BCUT2D eigenvalue weighted by Crippen LogP contribution is -2.46. The van der Waals surface area contributed by atoms with E-state index in [9.17, 15) is 9.18 Å². The highest BCUT2D eigenvalue weighted by atomic mass is 19.1. The quantitative estimate of drug-likeness (QED) is 0.777. The lowest BCUT2D eigenvalue weighted by molar-refractivity contribution is 0.0933. The molecule has 0 saturated carbocycles. The van der Waals surface area contributed by atoms with Crippen LogP contribution in [0.15, 0.2) is 18.2 Å². The van der Waals surface area contributed by atoms with E-state index in [-0.39, 0.29) is 11.7 Å². The molecular formula is C22H35FN4O. The van der Waals surface area contributed by atoms with E-state index in [0.717, 1.165) is 52.2 Å². The summed E-state index contributed by atoms with van der Waals surface area (Å²) >= 11 is 0. The SMILES string of the molecule is CCC1CCCCN1CCNC(=O)c1ccc(N2CCN(CC)CC2)c(F)c1. The first kappa shape index (κ1) is 21.1. The molecule has 2 aliphatic heterocycles. The summed E-state index contributed by atoms with van der Waals surface area (Å²) in [5.74, 6) is -0.494. The van der Waals surface area contributed by atoms with Crippen LogP contribution < -0.4 is 10.2 Å². The van der Waals surface area contributed by atoms with Gasteiger partial charge in [-0.3, -0.25) is 9.69 Å². The molecule has 2 aliphatic rings. The van der Waals surface area contributed by atoms with Gasteiger partial charge in [0, 0.05) is 50.9 Å². The Morgan fingerprint density at radius 1 is 1.14 bits per heavy atom. The Morgan fingerprint density at radius 3 is 2.61 bits per heavy atom. The van der Waals surface area contributed by atoms with Crippen molar-refractivity contribution < 1.29 is 9.18 Å². The van der Waals surface area contributed by atoms with Crippen molar-refractivity contribution in [2.75, 3.05) is 57.3 Å². The average Bonchev–Trinajstić information content (AvgIpc) is 2.74. The molecule has 1 amide bonds. The number of hydrogen-bond donors (Lipinski definition) is 1. The minimum Gasteiger partial charge on any atom is -0.367 e. The number of piperazine rings is 1. The molecule has 2 fully saturated rings. The van der Waals surface area contributed by atoms with Gasteiger partial charge in [0.15, 0.2) is 0 Å². The molecule has 1 aromatic rings. The van der Waals surface area contributed by atoms with Gasteiger partial charge in [-0.1, -0.05) is 20.3 Å². The average molecular weight is 391 g/mol. The number of likely N-dealkylation sites (N-methyl/N-ethyl adjacent to an activating group) is 1. The zero-order chi connectivity index (χ0) is 19.9. The molecule has 2 saturated heterocycles. The van der Waals surface area contributed by atoms with Gasteiger partial charge < -0.3 is 15.1 Å². The van der Waals surface area contributed by atoms with E-state index in [1.807, 2.05) is 0 Å². The minimum absolute atomic E-state index is 0.189. The van der Waals surface area contributed by atoms with Gasteiger partial charge in [-0.15, -0.1) is 0 Å². The molecule has 0 spiro atoms. The molecule has 5 nitrogen and oxygen atoms in total. The summed E-state index contributed by atoms with van der Waals surface area (Å²) in [6.07, 6.45) is 4.96. The largest absolute Gasteiger partial charge is 0.367 e. The molecule has 0 bridgehead atoms. The fourth-order valence-corrected chi connectivity index (χ4v) is 4.44. The second-order valence-corrected chi connectivity index (χ2v) is 7.94. The van der Waals surface area contributed by atoms with Crippen LogP contribution in [0, 0.1) is 5.82 Å². The normalized spacial score (nSPS) is 21.7. The van der Waals surface area contributed by atoms with Crippen LogP contribution in [-0.4, -0.2) is 74.1 Å². The number of anilines is 1. The second kappa shape index (κ2) is 10.2. The van der Waals surface area contributed by atoms with Crippen LogP contribution in [0.3, 0.4) is 0 Å². The number of piperidine rings is 1. The number of nitrogens with zero attached hydrogens (tertiary/aromatic N) is 3. The summed E-state index contributed by atoms with van der Waals surface area (Å²) in [6.45, 7) is 11.6. The Balaban J connectivity index is 1.51. The van der Waals surface area contributed by atoms with Crippen molar-refractivity contribution in [3.05, 3.63) is 29.6 Å². The van der Waals surface area contributed by atoms with Crippen LogP contribution in [0.25, 0.3) is 0 Å². The van der Waals surface area contributed by atoms with Crippen LogP contribution in [-0.2, 0) is 0 Å². The molecule has 1 aromatic carbocycles. The van der Waals surface area contributed by atoms with Crippen molar-refractivity contribution in [3.63, 3.8) is 0 Å². The highest BCUT2D eigenvalue weighted by molar-refractivity contribution is 5.94. The van der Waals surface area contributed by atoms with Gasteiger partial charge in [0.2, 0.25) is 0 Å². The van der Waals surface area contributed by atoms with Crippen LogP contribution in [0.2, 0.25) is 0 Å². The second-order valence-electron chi connectivity index (χ2n) is 7.94. The summed E-state index contributed by atoms with van der Waals surface area (Å²) in [4.78, 5) is 19.4. The number of rotatable bonds is 7. The summed E-state index contributed by atoms with van der Waals surface area (Å²) in [6, 6.07) is 5.52. The third-order valence-electron chi connectivity index (χ3n) is 6.27. The highest BCUT2D eigenvalue weighted by Gasteiger charge is 2.21. The van der Waals surface area contributed by atoms with Crippen molar-refractivity contribution in [2.24, 2.45) is 0 Å². The lowest BCUT2D eigenvalue weighted by atomic mass is 10.0. The number of nitrogens with one attached hydrogen (secondary N) is 1. The molecule has 6 heteroatoms. The molecule has 3 rings (SSSR count). The Morgan fingerprint density at radius 2 is 1.93 bits per heavy atom. The van der Waals surface area contributed by atoms with E-state index in [1.165, 1.54) is 25.3 Å². The minimum atomic E-state index is -0.306. The number of hydrogen-bond acceptors (Lipinski definition) is 4. The smallest absolute Gasteiger partial charge is 0.251 e. The Kier molecular flexibility index (Phi) is 7.68. The molecule has 2 heterocycles. The van der Waals surface area contributed by atoms with E-state index in [2.05, 4.69) is 33.9 Å². The first-order valence-corrected chi connectivity index (χ1v) is 10.9. The van der Waals surface area contributed by atoms with Crippen molar-refractivity contribution in [3.8, 4) is 0 Å². The Bertz CT molecular complexity index is 645. The van der Waals surface area contributed by atoms with E-state index >= 15 is 0 Å². The van der Waals surface area contributed by atoms with Gasteiger partial charge in [-0.05, 0) is 50.6 Å². The number of benzene rings is 1. The predicted molar refractivity (Wildman–Crippen MR) is 113 cm³/mol. The zero-order valence-corrected chi connectivity index (χ0v) is 17.4. The zero-order valence-electron chi connectivity index (χ0n) is 17.4. The van der Waals surface area contributed by atoms with Gasteiger partial charge >= 0.3 is 0 Å². The van der Waals surface area contributed by atoms with E-state index < -0.39 is 0 Å². The molecular weight excluding hydrogens is 355 g/mol. The third-order valence-corrected chi connectivity index (χ3v) is 6.27. The Hall–Kier alpha value is -1.66. The van der Waals surface area contributed by atoms with Crippen molar-refractivity contribution in [1.82, 2.24) is 15.1 Å². The molecule has 1 N–H and O–H groups in total. The van der Waals surface area contributed by atoms with Crippen LogP contribution >= 0.6 is 0 Å². The number of amides is 1. The van der Waals surface area contributed by atoms with E-state index in [1.54, 1.807) is 12.1 Å². The Labute approximate surface area is 168 Å². The summed E-state index contributed by atoms with van der Waals surface area (Å²) in [7, 11) is 0. The van der Waals surface area contributed by atoms with Gasteiger partial charge in [0.05, 0.1) is 5.69 Å². The lowest BCUT2D eigenvalue weighted by Gasteiger charge is -2.35. The standard InChI is InChI=1S/C22H35FN4O/c1-3-19-7-5-6-11-26(19)12-10-24-22(28)18-8-9-21(20(23)17-18)27-15-13-25(4-2)14-16-27/h8-9,17,19H,3-7,10-16H2,1-2H3,(H,24,28). The van der Waals surface area contributed by atoms with Gasteiger partial charge in [-0.25, -0.2) is 4.39 Å². The maximum absolute atomic E-state index is 14.6. The van der Waals surface area contributed by atoms with Crippen molar-refractivity contribution >= 4 is 11.6 Å². The summed E-state index contributed by atoms with van der Waals surface area (Å²) in [5.41, 5.74) is 1.01. The van der Waals surface area contributed by atoms with Crippen LogP contribution in [0.5, 0.6) is 0 Å². The topological polar surface area (TPSA) is 38.8 Å². The maximum Gasteiger partial charge on any atom is 0.251 e. The molecule has 1 unspecified atom stereocenters. The maximum atomic E-state index is 14.6. The molecule has 28 heavy (non-hydrogen) atoms. The summed E-state index contributed by atoms with van der Waals surface area (Å²) in [5, 5.41) is 2.96. The monoisotopic (exact) mass is 390 g/mol. The molecule has 1 atom stereocenters. The number of likely N-dealkylation sites (tertiary alicyclic amines) is 1. The highest BCUT2D eigenvalue weighted by Crippen LogP contribution is 2.22. The van der Waals surface area contributed by atoms with Gasteiger partial charge in [0.25, 0.3) is 5.91 Å². The van der Waals surface area contributed by atoms with Crippen LogP contribution in [0.1, 0.15) is 49.9 Å². The first-order valence-electron chi connectivity index (χ1n) is 10.9. The fourth-order valence-electron chi connectivity index (χ4n) is 4.44. The number of carbonyl (C=O) groups is 1. The fraction of sp³-hybridized carbons (Fsp3) is 0.682. The molecule has 156 valence electrons. The van der Waals surface area contributed by atoms with E-state index in [0.29, 0.717) is 23.8 Å². The van der Waals surface area contributed by atoms with E-state index in [4.69, 9.17) is 0 Å². The molecule has 0 aromatic heterocycles. The van der Waals surface area contributed by atoms with Crippen LogP contribution in [0.4, 0.5) is 10.1 Å². The molecule has 0 aliphatic carbocycles. The molecule has 0 radical (unpaired) electrons. The third kappa shape index (κ3) is 5.23. The van der Waals surface area contributed by atoms with Crippen molar-refractivity contribution in [1.29, 1.82) is 0 Å². The predicted octanol–water partition coefficient (Wildman–Crippen LogP) is 2.96. The number of halogens is 1. The van der Waals surface area contributed by atoms with Crippen molar-refractivity contribution in [2.45, 2.75) is 45.6 Å². The summed E-state index contributed by atoms with van der Waals surface area (Å²) < 4.78 is 14.6.